The Kier molecular flexibility index (Phi) is 7.32. The van der Waals surface area contributed by atoms with Crippen LogP contribution in [0.25, 0.3) is 16.7 Å². The lowest BCUT2D eigenvalue weighted by molar-refractivity contribution is 0.102. The van der Waals surface area contributed by atoms with E-state index < -0.39 is 28.8 Å². The first kappa shape index (κ1) is 27.0. The zero-order valence-corrected chi connectivity index (χ0v) is 22.1. The number of carbonyl (C=O) groups is 1. The minimum absolute atomic E-state index is 0.0771. The summed E-state index contributed by atoms with van der Waals surface area (Å²) < 4.78 is 35.5. The number of ether oxygens (including phenoxy) is 1. The number of rotatable bonds is 7. The molecule has 4 N–H and O–H groups in total. The van der Waals surface area contributed by atoms with Gasteiger partial charge in [0.05, 0.1) is 6.10 Å². The van der Waals surface area contributed by atoms with Crippen LogP contribution in [0.2, 0.25) is 0 Å². The van der Waals surface area contributed by atoms with Crippen LogP contribution in [0.5, 0.6) is 11.5 Å². The third-order valence-electron chi connectivity index (χ3n) is 7.03. The molecule has 1 amide bonds. The standard InChI is InChI=1S/C29H25F2N7O4/c30-16-1-6-19(7-2-16)38-14-13-32-25(29(38)41)28(40)35-18-5-10-22(21(31)15-18)42-23-11-12-33-26-24(23)27(37-36-26)34-17-3-8-20(39)9-4-17/h1-2,5-7,10-15,17,20,39H,3-4,8-9H2,(H,35,40)(H2,33,34,36,37)/t17-,20-. The lowest BCUT2D eigenvalue weighted by Gasteiger charge is -2.26. The molecule has 0 aliphatic heterocycles. The Morgan fingerprint density at radius 2 is 1.79 bits per heavy atom. The van der Waals surface area contributed by atoms with Crippen molar-refractivity contribution in [1.82, 2.24) is 24.7 Å². The predicted octanol–water partition coefficient (Wildman–Crippen LogP) is 4.54. The maximum Gasteiger partial charge on any atom is 0.286 e. The fourth-order valence-electron chi connectivity index (χ4n) is 4.87. The molecule has 0 bridgehead atoms. The summed E-state index contributed by atoms with van der Waals surface area (Å²) in [5.74, 6) is -1.35. The molecule has 6 rings (SSSR count). The van der Waals surface area contributed by atoms with Gasteiger partial charge in [-0.25, -0.2) is 18.7 Å². The molecule has 1 aliphatic rings. The van der Waals surface area contributed by atoms with Gasteiger partial charge in [0, 0.05) is 48.1 Å². The third kappa shape index (κ3) is 5.54. The number of benzene rings is 2. The van der Waals surface area contributed by atoms with E-state index in [1.807, 2.05) is 0 Å². The van der Waals surface area contributed by atoms with Crippen LogP contribution in [0, 0.1) is 11.6 Å². The highest BCUT2D eigenvalue weighted by molar-refractivity contribution is 6.02. The summed E-state index contributed by atoms with van der Waals surface area (Å²) in [7, 11) is 0. The quantitative estimate of drug-likeness (QED) is 0.222. The number of nitrogens with one attached hydrogen (secondary N) is 3. The Balaban J connectivity index is 1.20. The molecule has 0 unspecified atom stereocenters. The molecule has 0 saturated heterocycles. The van der Waals surface area contributed by atoms with Crippen molar-refractivity contribution in [2.75, 3.05) is 10.6 Å². The monoisotopic (exact) mass is 573 g/mol. The average molecular weight is 574 g/mol. The van der Waals surface area contributed by atoms with Crippen molar-refractivity contribution in [3.05, 3.63) is 94.8 Å². The molecule has 1 aliphatic carbocycles. The number of carbonyl (C=O) groups excluding carboxylic acids is 1. The van der Waals surface area contributed by atoms with Crippen molar-refractivity contribution >= 4 is 28.4 Å². The summed E-state index contributed by atoms with van der Waals surface area (Å²) >= 11 is 0. The number of amides is 1. The maximum absolute atomic E-state index is 15.2. The van der Waals surface area contributed by atoms with E-state index in [2.05, 4.69) is 30.8 Å². The largest absolute Gasteiger partial charge is 0.453 e. The number of H-pyrrole nitrogens is 1. The van der Waals surface area contributed by atoms with Gasteiger partial charge in [-0.15, -0.1) is 0 Å². The summed E-state index contributed by atoms with van der Waals surface area (Å²) in [6.45, 7) is 0. The van der Waals surface area contributed by atoms with E-state index in [1.165, 1.54) is 55.0 Å². The zero-order valence-electron chi connectivity index (χ0n) is 22.1. The van der Waals surface area contributed by atoms with E-state index in [-0.39, 0.29) is 23.6 Å². The molecule has 0 atom stereocenters. The summed E-state index contributed by atoms with van der Waals surface area (Å²) in [6.07, 6.45) is 6.80. The molecule has 42 heavy (non-hydrogen) atoms. The van der Waals surface area contributed by atoms with Gasteiger partial charge in [0.25, 0.3) is 11.5 Å². The molecule has 1 saturated carbocycles. The van der Waals surface area contributed by atoms with E-state index in [4.69, 9.17) is 4.74 Å². The number of hydrogen-bond acceptors (Lipinski definition) is 8. The third-order valence-corrected chi connectivity index (χ3v) is 7.03. The van der Waals surface area contributed by atoms with Crippen molar-refractivity contribution in [2.24, 2.45) is 0 Å². The molecule has 3 aromatic heterocycles. The van der Waals surface area contributed by atoms with Crippen molar-refractivity contribution < 1.29 is 23.4 Å². The van der Waals surface area contributed by atoms with E-state index in [0.29, 0.717) is 41.1 Å². The number of aromatic nitrogens is 5. The van der Waals surface area contributed by atoms with Crippen molar-refractivity contribution in [3.8, 4) is 17.2 Å². The Morgan fingerprint density at radius 1 is 1.00 bits per heavy atom. The SMILES string of the molecule is O=C(Nc1ccc(Oc2ccnc3[nH]nc(N[C@H]4CC[C@H](O)CC4)c23)c(F)c1)c1nccn(-c2ccc(F)cc2)c1=O. The average Bonchev–Trinajstić information content (AvgIpc) is 3.40. The summed E-state index contributed by atoms with van der Waals surface area (Å²) in [5, 5.41) is 23.4. The molecule has 1 fully saturated rings. The fraction of sp³-hybridized carbons (Fsp3) is 0.207. The molecule has 0 radical (unpaired) electrons. The number of halogens is 2. The zero-order chi connectivity index (χ0) is 29.2. The van der Waals surface area contributed by atoms with Crippen molar-refractivity contribution in [1.29, 1.82) is 0 Å². The molecule has 214 valence electrons. The lowest BCUT2D eigenvalue weighted by atomic mass is 9.93. The van der Waals surface area contributed by atoms with Crippen LogP contribution >= 0.6 is 0 Å². The molecular formula is C29H25F2N7O4. The van der Waals surface area contributed by atoms with Crippen LogP contribution in [-0.4, -0.2) is 47.9 Å². The number of aliphatic hydroxyl groups excluding tert-OH is 1. The van der Waals surface area contributed by atoms with Gasteiger partial charge >= 0.3 is 0 Å². The lowest BCUT2D eigenvalue weighted by Crippen LogP contribution is -2.29. The Morgan fingerprint density at radius 3 is 2.55 bits per heavy atom. The highest BCUT2D eigenvalue weighted by Gasteiger charge is 2.23. The van der Waals surface area contributed by atoms with Gasteiger partial charge in [-0.3, -0.25) is 19.3 Å². The minimum Gasteiger partial charge on any atom is -0.453 e. The number of anilines is 2. The first-order valence-electron chi connectivity index (χ1n) is 13.3. The van der Waals surface area contributed by atoms with Gasteiger partial charge in [-0.2, -0.15) is 5.10 Å². The number of fused-ring (bicyclic) bond motifs is 1. The Bertz CT molecular complexity index is 1820. The second kappa shape index (κ2) is 11.4. The van der Waals surface area contributed by atoms with Gasteiger partial charge in [0.1, 0.15) is 17.0 Å². The number of hydrogen-bond donors (Lipinski definition) is 4. The minimum atomic E-state index is -0.843. The second-order valence-electron chi connectivity index (χ2n) is 9.88. The summed E-state index contributed by atoms with van der Waals surface area (Å²) in [6, 6.07) is 10.7. The first-order chi connectivity index (χ1) is 20.4. The molecular weight excluding hydrogens is 548 g/mol. The van der Waals surface area contributed by atoms with E-state index in [0.717, 1.165) is 23.5 Å². The number of aliphatic hydroxyl groups is 1. The summed E-state index contributed by atoms with van der Waals surface area (Å²) in [4.78, 5) is 33.9. The molecule has 13 heteroatoms. The molecule has 2 aromatic carbocycles. The topological polar surface area (TPSA) is 147 Å². The van der Waals surface area contributed by atoms with Crippen LogP contribution < -0.4 is 20.9 Å². The smallest absolute Gasteiger partial charge is 0.286 e. The van der Waals surface area contributed by atoms with E-state index >= 15 is 4.39 Å². The highest BCUT2D eigenvalue weighted by Crippen LogP contribution is 2.35. The maximum atomic E-state index is 15.2. The van der Waals surface area contributed by atoms with Crippen LogP contribution in [0.15, 0.2) is 71.9 Å². The molecule has 3 heterocycles. The van der Waals surface area contributed by atoms with E-state index in [1.54, 1.807) is 6.07 Å². The van der Waals surface area contributed by atoms with E-state index in [9.17, 15) is 19.1 Å². The van der Waals surface area contributed by atoms with Crippen molar-refractivity contribution in [3.63, 3.8) is 0 Å². The Labute approximate surface area is 237 Å². The number of nitrogens with zero attached hydrogens (tertiary/aromatic N) is 4. The van der Waals surface area contributed by atoms with Gasteiger partial charge in [0.15, 0.2) is 28.7 Å². The van der Waals surface area contributed by atoms with Gasteiger partial charge < -0.3 is 20.5 Å². The van der Waals surface area contributed by atoms with Gasteiger partial charge in [0.2, 0.25) is 0 Å². The predicted molar refractivity (Wildman–Crippen MR) is 150 cm³/mol. The fourth-order valence-corrected chi connectivity index (χ4v) is 4.87. The molecule has 11 nitrogen and oxygen atoms in total. The molecule has 5 aromatic rings. The normalized spacial score (nSPS) is 16.7. The second-order valence-corrected chi connectivity index (χ2v) is 9.88. The first-order valence-corrected chi connectivity index (χ1v) is 13.3. The van der Waals surface area contributed by atoms with Crippen LogP contribution in [0.4, 0.5) is 20.3 Å². The number of aromatic amines is 1. The van der Waals surface area contributed by atoms with Crippen LogP contribution in [-0.2, 0) is 0 Å². The van der Waals surface area contributed by atoms with Crippen LogP contribution in [0.1, 0.15) is 36.2 Å². The Hall–Kier alpha value is -5.17. The van der Waals surface area contributed by atoms with Gasteiger partial charge in [-0.1, -0.05) is 0 Å². The van der Waals surface area contributed by atoms with Gasteiger partial charge in [-0.05, 0) is 62.1 Å². The summed E-state index contributed by atoms with van der Waals surface area (Å²) in [5.41, 5.74) is -0.263. The number of pyridine rings is 1. The van der Waals surface area contributed by atoms with Crippen LogP contribution in [0.3, 0.4) is 0 Å². The highest BCUT2D eigenvalue weighted by atomic mass is 19.1. The molecule has 0 spiro atoms. The van der Waals surface area contributed by atoms with Crippen molar-refractivity contribution in [2.45, 2.75) is 37.8 Å².